The van der Waals surface area contributed by atoms with Gasteiger partial charge in [0.05, 0.1) is 13.2 Å². The van der Waals surface area contributed by atoms with E-state index < -0.39 is 8.32 Å². The second-order valence-electron chi connectivity index (χ2n) is 10.4. The molecule has 34 heavy (non-hydrogen) atoms. The molecule has 0 heterocycles. The molecule has 0 N–H and O–H groups in total. The second-order valence-corrected chi connectivity index (χ2v) is 14.7. The summed E-state index contributed by atoms with van der Waals surface area (Å²) in [6.45, 7) is 8.63. The van der Waals surface area contributed by atoms with E-state index in [0.717, 1.165) is 5.56 Å². The molecule has 3 nitrogen and oxygen atoms in total. The van der Waals surface area contributed by atoms with E-state index in [0.29, 0.717) is 38.4 Å². The van der Waals surface area contributed by atoms with Gasteiger partial charge in [-0.25, -0.2) is 0 Å². The van der Waals surface area contributed by atoms with Crippen molar-refractivity contribution in [1.29, 1.82) is 0 Å². The monoisotopic (exact) mass is 472 g/mol. The highest BCUT2D eigenvalue weighted by molar-refractivity contribution is 6.99. The predicted molar refractivity (Wildman–Crippen MR) is 141 cm³/mol. The number of hydrogen-bond donors (Lipinski definition) is 0. The van der Waals surface area contributed by atoms with Crippen molar-refractivity contribution in [3.63, 3.8) is 0 Å². The predicted octanol–water partition coefficient (Wildman–Crippen LogP) is 5.38. The Kier molecular flexibility index (Phi) is 7.82. The summed E-state index contributed by atoms with van der Waals surface area (Å²) in [5, 5.41) is 2.47. The maximum atomic E-state index is 12.5. The van der Waals surface area contributed by atoms with Gasteiger partial charge in [0.15, 0.2) is 0 Å². The lowest BCUT2D eigenvalue weighted by Crippen LogP contribution is -2.67. The molecular formula is C30H36O3Si. The Morgan fingerprint density at radius 3 is 1.71 bits per heavy atom. The first-order valence-electron chi connectivity index (χ1n) is 12.3. The molecule has 0 spiro atoms. The SMILES string of the molecule is CC(C)(C)[Si](OC[C@@H]1CC(=O)C[C@H]1COCc1ccccc1)(c1ccccc1)c1ccccc1. The zero-order valence-corrected chi connectivity index (χ0v) is 21.6. The molecule has 1 saturated carbocycles. The summed E-state index contributed by atoms with van der Waals surface area (Å²) < 4.78 is 13.2. The average molecular weight is 473 g/mol. The molecule has 1 fully saturated rings. The van der Waals surface area contributed by atoms with Crippen molar-refractivity contribution in [3.05, 3.63) is 96.6 Å². The third kappa shape index (κ3) is 5.41. The Morgan fingerprint density at radius 2 is 1.21 bits per heavy atom. The van der Waals surface area contributed by atoms with E-state index >= 15 is 0 Å². The van der Waals surface area contributed by atoms with Crippen LogP contribution in [0.25, 0.3) is 0 Å². The van der Waals surface area contributed by atoms with Gasteiger partial charge in [0.2, 0.25) is 0 Å². The Labute approximate surface area is 205 Å². The third-order valence-electron chi connectivity index (χ3n) is 7.02. The summed E-state index contributed by atoms with van der Waals surface area (Å²) >= 11 is 0. The number of carbonyl (C=O) groups excluding carboxylic acids is 1. The van der Waals surface area contributed by atoms with Crippen LogP contribution in [0.5, 0.6) is 0 Å². The first-order valence-corrected chi connectivity index (χ1v) is 14.2. The van der Waals surface area contributed by atoms with E-state index in [4.69, 9.17) is 9.16 Å². The van der Waals surface area contributed by atoms with Crippen LogP contribution >= 0.6 is 0 Å². The number of hydrogen-bond acceptors (Lipinski definition) is 3. The van der Waals surface area contributed by atoms with Crippen molar-refractivity contribution < 1.29 is 14.0 Å². The summed E-state index contributed by atoms with van der Waals surface area (Å²) in [5.41, 5.74) is 1.16. The van der Waals surface area contributed by atoms with Crippen LogP contribution in [-0.2, 0) is 20.6 Å². The van der Waals surface area contributed by atoms with Crippen LogP contribution < -0.4 is 10.4 Å². The van der Waals surface area contributed by atoms with Crippen LogP contribution in [0.2, 0.25) is 5.04 Å². The molecule has 3 aromatic rings. The first kappa shape index (κ1) is 24.6. The fourth-order valence-corrected chi connectivity index (χ4v) is 9.91. The molecule has 0 aliphatic heterocycles. The normalized spacial score (nSPS) is 18.9. The zero-order valence-electron chi connectivity index (χ0n) is 20.6. The molecule has 2 atom stereocenters. The minimum Gasteiger partial charge on any atom is -0.407 e. The van der Waals surface area contributed by atoms with Gasteiger partial charge in [-0.15, -0.1) is 0 Å². The molecule has 1 aliphatic carbocycles. The molecule has 0 amide bonds. The van der Waals surface area contributed by atoms with Crippen molar-refractivity contribution in [1.82, 2.24) is 0 Å². The first-order chi connectivity index (χ1) is 16.4. The standard InChI is InChI=1S/C30H36O3Si/c1-30(2,3)34(28-15-9-5-10-16-28,29-17-11-6-12-18-29)33-23-26-20-27(31)19-25(26)22-32-21-24-13-7-4-8-14-24/h4-18,25-26H,19-23H2,1-3H3/t25-,26-/m0/s1. The topological polar surface area (TPSA) is 35.5 Å². The number of rotatable bonds is 9. The molecule has 178 valence electrons. The highest BCUT2D eigenvalue weighted by Gasteiger charge is 2.51. The molecule has 3 aromatic carbocycles. The van der Waals surface area contributed by atoms with Crippen LogP contribution in [0.1, 0.15) is 39.2 Å². The van der Waals surface area contributed by atoms with Crippen molar-refractivity contribution in [3.8, 4) is 0 Å². The van der Waals surface area contributed by atoms with Crippen LogP contribution in [0.4, 0.5) is 0 Å². The molecular weight excluding hydrogens is 436 g/mol. The second kappa shape index (κ2) is 10.8. The lowest BCUT2D eigenvalue weighted by molar-refractivity contribution is -0.117. The van der Waals surface area contributed by atoms with E-state index in [1.807, 2.05) is 18.2 Å². The maximum absolute atomic E-state index is 12.5. The van der Waals surface area contributed by atoms with Crippen molar-refractivity contribution in [2.24, 2.45) is 11.8 Å². The average Bonchev–Trinajstić information content (AvgIpc) is 3.20. The Balaban J connectivity index is 1.55. The van der Waals surface area contributed by atoms with Gasteiger partial charge < -0.3 is 9.16 Å². The van der Waals surface area contributed by atoms with Gasteiger partial charge in [-0.1, -0.05) is 112 Å². The van der Waals surface area contributed by atoms with E-state index in [-0.39, 0.29) is 16.9 Å². The molecule has 4 rings (SSSR count). The molecule has 0 aromatic heterocycles. The molecule has 0 unspecified atom stereocenters. The lowest BCUT2D eigenvalue weighted by Gasteiger charge is -2.43. The van der Waals surface area contributed by atoms with Gasteiger partial charge in [0.1, 0.15) is 5.78 Å². The van der Waals surface area contributed by atoms with Gasteiger partial charge in [0, 0.05) is 19.4 Å². The molecule has 0 bridgehead atoms. The Hall–Kier alpha value is -2.53. The zero-order chi connectivity index (χ0) is 24.0. The van der Waals surface area contributed by atoms with Crippen LogP contribution in [0.3, 0.4) is 0 Å². The van der Waals surface area contributed by atoms with Crippen molar-refractivity contribution in [2.75, 3.05) is 13.2 Å². The fraction of sp³-hybridized carbons (Fsp3) is 0.367. The van der Waals surface area contributed by atoms with Gasteiger partial charge >= 0.3 is 0 Å². The maximum Gasteiger partial charge on any atom is 0.261 e. The summed E-state index contributed by atoms with van der Waals surface area (Å²) in [5.74, 6) is 0.712. The van der Waals surface area contributed by atoms with Crippen molar-refractivity contribution in [2.45, 2.75) is 45.3 Å². The smallest absolute Gasteiger partial charge is 0.261 e. The number of carbonyl (C=O) groups is 1. The van der Waals surface area contributed by atoms with E-state index in [1.54, 1.807) is 0 Å². The molecule has 0 radical (unpaired) electrons. The summed E-state index contributed by atoms with van der Waals surface area (Å²) in [6, 6.07) is 31.6. The highest BCUT2D eigenvalue weighted by atomic mass is 28.4. The largest absolute Gasteiger partial charge is 0.407 e. The summed E-state index contributed by atoms with van der Waals surface area (Å²) in [4.78, 5) is 12.5. The van der Waals surface area contributed by atoms with Gasteiger partial charge in [-0.05, 0) is 32.8 Å². The van der Waals surface area contributed by atoms with Gasteiger partial charge in [0.25, 0.3) is 8.32 Å². The highest BCUT2D eigenvalue weighted by Crippen LogP contribution is 2.38. The molecule has 0 saturated heterocycles. The number of ether oxygens (including phenoxy) is 1. The van der Waals surface area contributed by atoms with Crippen LogP contribution in [0, 0.1) is 11.8 Å². The molecule has 1 aliphatic rings. The van der Waals surface area contributed by atoms with Crippen LogP contribution in [0.15, 0.2) is 91.0 Å². The lowest BCUT2D eigenvalue weighted by atomic mass is 9.98. The van der Waals surface area contributed by atoms with Gasteiger partial charge in [-0.3, -0.25) is 4.79 Å². The Bertz CT molecular complexity index is 1010. The van der Waals surface area contributed by atoms with Crippen LogP contribution in [-0.4, -0.2) is 27.3 Å². The summed E-state index contributed by atoms with van der Waals surface area (Å²) in [6.07, 6.45) is 1.17. The fourth-order valence-electron chi connectivity index (χ4n) is 5.29. The minimum atomic E-state index is -2.60. The quantitative estimate of drug-likeness (QED) is 0.393. The van der Waals surface area contributed by atoms with E-state index in [2.05, 4.69) is 93.6 Å². The number of benzene rings is 3. The Morgan fingerprint density at radius 1 is 0.735 bits per heavy atom. The van der Waals surface area contributed by atoms with E-state index in [1.165, 1.54) is 10.4 Å². The van der Waals surface area contributed by atoms with Crippen molar-refractivity contribution >= 4 is 24.5 Å². The number of Topliss-reactive ketones (excluding diaryl/α,β-unsaturated/α-hetero) is 1. The minimum absolute atomic E-state index is 0.0718. The third-order valence-corrected chi connectivity index (χ3v) is 12.0. The summed E-state index contributed by atoms with van der Waals surface area (Å²) in [7, 11) is -2.60. The number of ketones is 1. The van der Waals surface area contributed by atoms with E-state index in [9.17, 15) is 4.79 Å². The van der Waals surface area contributed by atoms with Gasteiger partial charge in [-0.2, -0.15) is 0 Å². The molecule has 4 heteroatoms.